The summed E-state index contributed by atoms with van der Waals surface area (Å²) in [6.45, 7) is 7.50. The highest BCUT2D eigenvalue weighted by Gasteiger charge is 2.41. The Balaban J connectivity index is 1.69. The van der Waals surface area contributed by atoms with Crippen LogP contribution < -0.4 is 5.32 Å². The van der Waals surface area contributed by atoms with E-state index in [0.717, 1.165) is 6.42 Å². The molecule has 33 heavy (non-hydrogen) atoms. The van der Waals surface area contributed by atoms with Crippen LogP contribution in [-0.2, 0) is 15.5 Å². The lowest BCUT2D eigenvalue weighted by molar-refractivity contribution is -0.135. The molecule has 1 heterocycles. The van der Waals surface area contributed by atoms with Gasteiger partial charge in [0, 0.05) is 29.6 Å². The summed E-state index contributed by atoms with van der Waals surface area (Å²) in [5.74, 6) is -3.27. The van der Waals surface area contributed by atoms with Crippen molar-refractivity contribution in [3.8, 4) is 0 Å². The standard InChI is InChI=1S/C27H34F2N2O2/c1-5-27(28,29)22-10-7-11-23(16-22)30-25(32)17-31-24(18(2)3)15-21(26(31)33)14-20-9-6-8-19(4)12-13-20/h6-8,10-13,16,18,21,24H,5,9,14-15,17H2,1-4H3,(H,30,32)/t21-,24+/m0/s1. The molecule has 0 aromatic heterocycles. The number of carbonyl (C=O) groups is 2. The van der Waals surface area contributed by atoms with E-state index in [1.54, 1.807) is 11.0 Å². The van der Waals surface area contributed by atoms with E-state index in [-0.39, 0.29) is 48.2 Å². The number of allylic oxidation sites excluding steroid dienone is 6. The molecule has 2 atom stereocenters. The zero-order valence-corrected chi connectivity index (χ0v) is 19.9. The number of halogens is 2. The maximum Gasteiger partial charge on any atom is 0.273 e. The fourth-order valence-electron chi connectivity index (χ4n) is 4.54. The Morgan fingerprint density at radius 1 is 1.27 bits per heavy atom. The average Bonchev–Trinajstić information content (AvgIpc) is 2.93. The molecular formula is C27H34F2N2O2. The second-order valence-corrected chi connectivity index (χ2v) is 9.44. The van der Waals surface area contributed by atoms with Crippen molar-refractivity contribution in [1.82, 2.24) is 4.90 Å². The first kappa shape index (κ1) is 24.9. The summed E-state index contributed by atoms with van der Waals surface area (Å²) in [6, 6.07) is 5.73. The van der Waals surface area contributed by atoms with Crippen LogP contribution in [0.5, 0.6) is 0 Å². The Hall–Kier alpha value is -2.76. The predicted molar refractivity (Wildman–Crippen MR) is 128 cm³/mol. The Morgan fingerprint density at radius 2 is 2.03 bits per heavy atom. The van der Waals surface area contributed by atoms with Crippen LogP contribution in [0.4, 0.5) is 14.5 Å². The molecule has 1 aromatic carbocycles. The SMILES string of the molecule is CCC(F)(F)c1cccc(NC(=O)CN2C(=O)[C@@H](CC3=CC=C(C)C=CC3)C[C@@H]2C(C)C)c1. The Kier molecular flexibility index (Phi) is 7.88. The summed E-state index contributed by atoms with van der Waals surface area (Å²) < 4.78 is 28.1. The summed E-state index contributed by atoms with van der Waals surface area (Å²) in [4.78, 5) is 27.7. The zero-order valence-electron chi connectivity index (χ0n) is 19.9. The van der Waals surface area contributed by atoms with Crippen molar-refractivity contribution in [2.45, 2.75) is 65.3 Å². The van der Waals surface area contributed by atoms with E-state index in [1.165, 1.54) is 36.3 Å². The Bertz CT molecular complexity index is 978. The largest absolute Gasteiger partial charge is 0.330 e. The molecule has 0 saturated carbocycles. The highest BCUT2D eigenvalue weighted by molar-refractivity contribution is 5.95. The number of benzene rings is 1. The lowest BCUT2D eigenvalue weighted by Crippen LogP contribution is -2.42. The fourth-order valence-corrected chi connectivity index (χ4v) is 4.54. The second-order valence-electron chi connectivity index (χ2n) is 9.44. The molecule has 0 bridgehead atoms. The predicted octanol–water partition coefficient (Wildman–Crippen LogP) is 6.22. The number of rotatable bonds is 8. The minimum absolute atomic E-state index is 0.00931. The molecule has 1 aliphatic heterocycles. The Labute approximate surface area is 195 Å². The molecule has 1 fully saturated rings. The van der Waals surface area contributed by atoms with Crippen LogP contribution >= 0.6 is 0 Å². The van der Waals surface area contributed by atoms with Gasteiger partial charge in [-0.1, -0.05) is 68.4 Å². The van der Waals surface area contributed by atoms with Crippen molar-refractivity contribution in [1.29, 1.82) is 0 Å². The molecule has 6 heteroatoms. The number of anilines is 1. The van der Waals surface area contributed by atoms with E-state index in [2.05, 4.69) is 43.5 Å². The average molecular weight is 457 g/mol. The van der Waals surface area contributed by atoms with Crippen LogP contribution in [0.1, 0.15) is 58.9 Å². The number of nitrogens with one attached hydrogen (secondary N) is 1. The number of likely N-dealkylation sites (tertiary alicyclic amines) is 1. The van der Waals surface area contributed by atoms with Crippen molar-refractivity contribution in [2.24, 2.45) is 11.8 Å². The topological polar surface area (TPSA) is 49.4 Å². The quantitative estimate of drug-likeness (QED) is 0.505. The van der Waals surface area contributed by atoms with E-state index in [9.17, 15) is 18.4 Å². The third-order valence-corrected chi connectivity index (χ3v) is 6.51. The van der Waals surface area contributed by atoms with Gasteiger partial charge in [0.2, 0.25) is 11.8 Å². The first-order chi connectivity index (χ1) is 15.6. The van der Waals surface area contributed by atoms with Gasteiger partial charge >= 0.3 is 0 Å². The fraction of sp³-hybridized carbons (Fsp3) is 0.481. The van der Waals surface area contributed by atoms with E-state index < -0.39 is 5.92 Å². The van der Waals surface area contributed by atoms with Crippen LogP contribution in [0.25, 0.3) is 0 Å². The van der Waals surface area contributed by atoms with Gasteiger partial charge in [0.05, 0.1) is 0 Å². The molecule has 1 saturated heterocycles. The molecule has 2 amide bonds. The molecule has 1 aromatic rings. The van der Waals surface area contributed by atoms with Crippen LogP contribution in [0, 0.1) is 11.8 Å². The zero-order chi connectivity index (χ0) is 24.2. The molecule has 3 rings (SSSR count). The molecule has 2 aliphatic rings. The van der Waals surface area contributed by atoms with Gasteiger partial charge in [0.25, 0.3) is 5.92 Å². The van der Waals surface area contributed by atoms with Gasteiger partial charge in [0.15, 0.2) is 0 Å². The van der Waals surface area contributed by atoms with Crippen molar-refractivity contribution in [3.05, 3.63) is 65.3 Å². The van der Waals surface area contributed by atoms with Gasteiger partial charge < -0.3 is 10.2 Å². The van der Waals surface area contributed by atoms with E-state index >= 15 is 0 Å². The molecule has 0 radical (unpaired) electrons. The van der Waals surface area contributed by atoms with Gasteiger partial charge in [-0.2, -0.15) is 0 Å². The summed E-state index contributed by atoms with van der Waals surface area (Å²) in [6.07, 6.45) is 10.3. The molecule has 4 nitrogen and oxygen atoms in total. The second kappa shape index (κ2) is 10.4. The number of nitrogens with zero attached hydrogens (tertiary/aromatic N) is 1. The molecular weight excluding hydrogens is 422 g/mol. The minimum Gasteiger partial charge on any atom is -0.330 e. The monoisotopic (exact) mass is 456 g/mol. The van der Waals surface area contributed by atoms with E-state index in [0.29, 0.717) is 18.5 Å². The smallest absolute Gasteiger partial charge is 0.273 e. The van der Waals surface area contributed by atoms with Gasteiger partial charge in [-0.25, -0.2) is 8.78 Å². The number of hydrogen-bond acceptors (Lipinski definition) is 2. The minimum atomic E-state index is -2.95. The molecule has 0 spiro atoms. The normalized spacial score (nSPS) is 21.2. The van der Waals surface area contributed by atoms with Gasteiger partial charge in [-0.15, -0.1) is 0 Å². The van der Waals surface area contributed by atoms with Crippen LogP contribution in [0.2, 0.25) is 0 Å². The number of alkyl halides is 2. The summed E-state index contributed by atoms with van der Waals surface area (Å²) >= 11 is 0. The van der Waals surface area contributed by atoms with Crippen molar-refractivity contribution < 1.29 is 18.4 Å². The lowest BCUT2D eigenvalue weighted by atomic mass is 9.91. The highest BCUT2D eigenvalue weighted by Crippen LogP contribution is 2.35. The molecule has 0 unspecified atom stereocenters. The number of carbonyl (C=O) groups excluding carboxylic acids is 2. The summed E-state index contributed by atoms with van der Waals surface area (Å²) in [5.41, 5.74) is 2.58. The summed E-state index contributed by atoms with van der Waals surface area (Å²) in [7, 11) is 0. The van der Waals surface area contributed by atoms with Crippen LogP contribution in [-0.4, -0.2) is 29.3 Å². The maximum absolute atomic E-state index is 14.0. The third-order valence-electron chi connectivity index (χ3n) is 6.51. The van der Waals surface area contributed by atoms with Crippen LogP contribution in [0.3, 0.4) is 0 Å². The molecule has 178 valence electrons. The van der Waals surface area contributed by atoms with Crippen molar-refractivity contribution >= 4 is 17.5 Å². The molecule has 1 aliphatic carbocycles. The Morgan fingerprint density at radius 3 is 2.73 bits per heavy atom. The van der Waals surface area contributed by atoms with Crippen molar-refractivity contribution in [3.63, 3.8) is 0 Å². The first-order valence-corrected chi connectivity index (χ1v) is 11.7. The number of hydrogen-bond donors (Lipinski definition) is 1. The van der Waals surface area contributed by atoms with E-state index in [1.807, 2.05) is 6.92 Å². The maximum atomic E-state index is 14.0. The van der Waals surface area contributed by atoms with E-state index in [4.69, 9.17) is 0 Å². The third kappa shape index (κ3) is 6.18. The van der Waals surface area contributed by atoms with Gasteiger partial charge in [-0.3, -0.25) is 9.59 Å². The van der Waals surface area contributed by atoms with Gasteiger partial charge in [0.1, 0.15) is 6.54 Å². The summed E-state index contributed by atoms with van der Waals surface area (Å²) in [5, 5.41) is 2.70. The lowest BCUT2D eigenvalue weighted by Gasteiger charge is -2.27. The van der Waals surface area contributed by atoms with Crippen LogP contribution in [0.15, 0.2) is 59.7 Å². The number of amides is 2. The van der Waals surface area contributed by atoms with Crippen molar-refractivity contribution in [2.75, 3.05) is 11.9 Å². The molecule has 1 N–H and O–H groups in total. The highest BCUT2D eigenvalue weighted by atomic mass is 19.3. The first-order valence-electron chi connectivity index (χ1n) is 11.7. The van der Waals surface area contributed by atoms with Gasteiger partial charge in [-0.05, 0) is 44.2 Å².